The molecule has 0 bridgehead atoms. The third-order valence-electron chi connectivity index (χ3n) is 2.13. The smallest absolute Gasteiger partial charge is 0.375 e. The number of ether oxygens (including phenoxy) is 2. The van der Waals surface area contributed by atoms with Gasteiger partial charge in [0.2, 0.25) is 5.76 Å². The number of hydrogen-bond donors (Lipinski definition) is 1. The number of methoxy groups -OCH3 is 1. The van der Waals surface area contributed by atoms with Crippen molar-refractivity contribution in [3.05, 3.63) is 41.3 Å². The number of aliphatic carboxylic acids is 1. The molecule has 1 rings (SSSR count). The van der Waals surface area contributed by atoms with Gasteiger partial charge in [0.25, 0.3) is 6.43 Å². The zero-order chi connectivity index (χ0) is 15.3. The molecule has 0 aromatic heterocycles. The van der Waals surface area contributed by atoms with Gasteiger partial charge in [0.1, 0.15) is 12.0 Å². The monoisotopic (exact) mass is 287 g/mol. The number of hydrogen-bond acceptors (Lipinski definition) is 5. The molecule has 1 N–H and O–H groups in total. The first-order chi connectivity index (χ1) is 9.36. The summed E-state index contributed by atoms with van der Waals surface area (Å²) in [6, 6.07) is 2.49. The summed E-state index contributed by atoms with van der Waals surface area (Å²) in [6.07, 6.45) is -2.15. The highest BCUT2D eigenvalue weighted by atomic mass is 19.3. The third kappa shape index (κ3) is 3.67. The second-order valence-electron chi connectivity index (χ2n) is 3.47. The molecule has 0 saturated carbocycles. The Bertz CT molecular complexity index is 553. The Hall–Kier alpha value is -2.64. The topological polar surface area (TPSA) is 95.9 Å². The highest BCUT2D eigenvalue weighted by molar-refractivity contribution is 5.90. The van der Waals surface area contributed by atoms with Gasteiger partial charge >= 0.3 is 5.97 Å². The van der Waals surface area contributed by atoms with Crippen LogP contribution in [0.1, 0.15) is 22.3 Å². The van der Waals surface area contributed by atoms with E-state index in [9.17, 15) is 23.5 Å². The molecule has 0 aliphatic carbocycles. The van der Waals surface area contributed by atoms with Gasteiger partial charge in [-0.3, -0.25) is 0 Å². The molecule has 0 fully saturated rings. The van der Waals surface area contributed by atoms with E-state index >= 15 is 0 Å². The fourth-order valence-corrected chi connectivity index (χ4v) is 1.28. The fraction of sp³-hybridized carbons (Fsp3) is 0.167. The van der Waals surface area contributed by atoms with Crippen molar-refractivity contribution >= 4 is 11.9 Å². The Morgan fingerprint density at radius 2 is 2.05 bits per heavy atom. The molecule has 0 saturated heterocycles. The molecule has 0 atom stereocenters. The summed E-state index contributed by atoms with van der Waals surface area (Å²) >= 11 is 0. The fourth-order valence-electron chi connectivity index (χ4n) is 1.28. The van der Waals surface area contributed by atoms with E-state index in [0.717, 1.165) is 25.5 Å². The van der Waals surface area contributed by atoms with Crippen LogP contribution in [0.3, 0.4) is 0 Å². The van der Waals surface area contributed by atoms with Crippen molar-refractivity contribution in [2.75, 3.05) is 7.11 Å². The van der Waals surface area contributed by atoms with Crippen molar-refractivity contribution in [3.63, 3.8) is 0 Å². The first kappa shape index (κ1) is 15.4. The van der Waals surface area contributed by atoms with Crippen molar-refractivity contribution in [1.29, 1.82) is 0 Å². The largest absolute Gasteiger partial charge is 0.545 e. The third-order valence-corrected chi connectivity index (χ3v) is 2.13. The number of carbonyl (C=O) groups excluding carboxylic acids is 1. The van der Waals surface area contributed by atoms with Gasteiger partial charge in [0.15, 0.2) is 0 Å². The number of aromatic carboxylic acids is 1. The molecule has 0 amide bonds. The summed E-state index contributed by atoms with van der Waals surface area (Å²) in [5, 5.41) is 19.7. The summed E-state index contributed by atoms with van der Waals surface area (Å²) < 4.78 is 34.2. The van der Waals surface area contributed by atoms with Crippen molar-refractivity contribution in [3.8, 4) is 5.75 Å². The van der Waals surface area contributed by atoms with Gasteiger partial charge < -0.3 is 24.5 Å². The molecule has 6 nitrogen and oxygen atoms in total. The zero-order valence-electron chi connectivity index (χ0n) is 10.1. The Kier molecular flexibility index (Phi) is 5.01. The number of rotatable bonds is 6. The maximum atomic E-state index is 12.5. The van der Waals surface area contributed by atoms with E-state index in [1.165, 1.54) is 0 Å². The van der Waals surface area contributed by atoms with Crippen LogP contribution >= 0.6 is 0 Å². The first-order valence-corrected chi connectivity index (χ1v) is 5.14. The second kappa shape index (κ2) is 6.50. The second-order valence-corrected chi connectivity index (χ2v) is 3.47. The lowest BCUT2D eigenvalue weighted by Gasteiger charge is -2.13. The number of carboxylic acids is 2. The van der Waals surface area contributed by atoms with Crippen LogP contribution in [0, 0.1) is 0 Å². The Labute approximate surface area is 111 Å². The molecule has 0 aliphatic heterocycles. The maximum absolute atomic E-state index is 12.5. The van der Waals surface area contributed by atoms with Crippen LogP contribution in [0.15, 0.2) is 30.2 Å². The normalized spacial score (nSPS) is 11.3. The molecular weight excluding hydrogens is 278 g/mol. The van der Waals surface area contributed by atoms with Crippen LogP contribution in [0.2, 0.25) is 0 Å². The van der Waals surface area contributed by atoms with Crippen LogP contribution in [0.25, 0.3) is 0 Å². The summed E-state index contributed by atoms with van der Waals surface area (Å²) in [7, 11) is 1.16. The van der Waals surface area contributed by atoms with Gasteiger partial charge in [0, 0.05) is 11.1 Å². The van der Waals surface area contributed by atoms with Gasteiger partial charge in [-0.15, -0.1) is 0 Å². The Balaban J connectivity index is 3.21. The minimum Gasteiger partial charge on any atom is -0.545 e. The average molecular weight is 287 g/mol. The average Bonchev–Trinajstić information content (AvgIpc) is 2.37. The molecule has 0 unspecified atom stereocenters. The van der Waals surface area contributed by atoms with E-state index < -0.39 is 41.0 Å². The highest BCUT2D eigenvalue weighted by Crippen LogP contribution is 2.27. The summed E-state index contributed by atoms with van der Waals surface area (Å²) in [5.41, 5.74) is -1.24. The molecule has 0 heterocycles. The maximum Gasteiger partial charge on any atom is 0.375 e. The van der Waals surface area contributed by atoms with E-state index in [1.54, 1.807) is 0 Å². The van der Waals surface area contributed by atoms with Crippen LogP contribution in [-0.2, 0) is 9.53 Å². The Morgan fingerprint density at radius 1 is 1.40 bits per heavy atom. The predicted molar refractivity (Wildman–Crippen MR) is 59.1 cm³/mol. The van der Waals surface area contributed by atoms with E-state index in [2.05, 4.69) is 4.74 Å². The first-order valence-electron chi connectivity index (χ1n) is 5.14. The number of carboxylic acid groups (broad SMARTS) is 2. The summed E-state index contributed by atoms with van der Waals surface area (Å²) in [4.78, 5) is 21.7. The van der Waals surface area contributed by atoms with Crippen molar-refractivity contribution < 1.29 is 38.1 Å². The number of alkyl halides is 2. The lowest BCUT2D eigenvalue weighted by Crippen LogP contribution is -2.23. The summed E-state index contributed by atoms with van der Waals surface area (Å²) in [5.74, 6) is -4.45. The van der Waals surface area contributed by atoms with Crippen LogP contribution in [0.4, 0.5) is 8.78 Å². The van der Waals surface area contributed by atoms with E-state index in [-0.39, 0.29) is 0 Å². The predicted octanol–water partition coefficient (Wildman–Crippen LogP) is 0.939. The SMILES string of the molecule is COC=C(Oc1ccc(C(F)F)cc1C(=O)[O-])C(=O)O. The van der Waals surface area contributed by atoms with Gasteiger partial charge in [-0.2, -0.15) is 0 Å². The van der Waals surface area contributed by atoms with E-state index in [0.29, 0.717) is 6.07 Å². The zero-order valence-corrected chi connectivity index (χ0v) is 10.1. The molecule has 0 spiro atoms. The highest BCUT2D eigenvalue weighted by Gasteiger charge is 2.16. The molecule has 20 heavy (non-hydrogen) atoms. The quantitative estimate of drug-likeness (QED) is 0.618. The van der Waals surface area contributed by atoms with E-state index in [4.69, 9.17) is 9.84 Å². The molecule has 0 radical (unpaired) electrons. The molecule has 8 heteroatoms. The van der Waals surface area contributed by atoms with Crippen molar-refractivity contribution in [1.82, 2.24) is 0 Å². The van der Waals surface area contributed by atoms with Crippen LogP contribution < -0.4 is 9.84 Å². The minimum absolute atomic E-state index is 0.444. The number of halogens is 2. The van der Waals surface area contributed by atoms with Crippen LogP contribution in [0.5, 0.6) is 5.75 Å². The molecule has 108 valence electrons. The van der Waals surface area contributed by atoms with E-state index in [1.807, 2.05) is 0 Å². The lowest BCUT2D eigenvalue weighted by atomic mass is 10.1. The van der Waals surface area contributed by atoms with Crippen molar-refractivity contribution in [2.24, 2.45) is 0 Å². The van der Waals surface area contributed by atoms with Gasteiger partial charge in [-0.05, 0) is 18.2 Å². The standard InChI is InChI=1S/C12H10F2O6/c1-19-5-9(12(17)18)20-8-3-2-6(10(13)14)4-7(8)11(15)16/h2-5,10H,1H3,(H,15,16)(H,17,18)/p-1. The number of benzene rings is 1. The lowest BCUT2D eigenvalue weighted by molar-refractivity contribution is -0.255. The van der Waals surface area contributed by atoms with Crippen LogP contribution in [-0.4, -0.2) is 24.2 Å². The molecule has 1 aromatic carbocycles. The van der Waals surface area contributed by atoms with Gasteiger partial charge in [-0.25, -0.2) is 13.6 Å². The van der Waals surface area contributed by atoms with Gasteiger partial charge in [-0.1, -0.05) is 0 Å². The summed E-state index contributed by atoms with van der Waals surface area (Å²) in [6.45, 7) is 0. The van der Waals surface area contributed by atoms with Crippen molar-refractivity contribution in [2.45, 2.75) is 6.43 Å². The molecule has 1 aromatic rings. The van der Waals surface area contributed by atoms with Gasteiger partial charge in [0.05, 0.1) is 13.1 Å². The molecular formula is C12H9F2O6-. The Morgan fingerprint density at radius 3 is 2.50 bits per heavy atom. The molecule has 0 aliphatic rings. The number of carbonyl (C=O) groups is 2. The minimum atomic E-state index is -2.88.